The van der Waals surface area contributed by atoms with Gasteiger partial charge in [-0.15, -0.1) is 0 Å². The molecule has 3 aromatic rings. The number of nitrogens with one attached hydrogen (secondary N) is 2. The van der Waals surface area contributed by atoms with E-state index >= 15 is 0 Å². The van der Waals surface area contributed by atoms with Crippen molar-refractivity contribution in [3.05, 3.63) is 83.9 Å². The summed E-state index contributed by atoms with van der Waals surface area (Å²) in [5.74, 6) is 7.67. The summed E-state index contributed by atoms with van der Waals surface area (Å²) in [6.45, 7) is 2.43. The lowest BCUT2D eigenvalue weighted by Gasteiger charge is -2.67. The fourth-order valence-corrected chi connectivity index (χ4v) is 23.5. The largest absolute Gasteiger partial charge is 0.310 e. The maximum Gasteiger partial charge on any atom is 0.0286 e. The van der Waals surface area contributed by atoms with Crippen LogP contribution in [0.15, 0.2) is 72.8 Å². The maximum atomic E-state index is 4.07. The third-order valence-electron chi connectivity index (χ3n) is 16.2. The molecule has 8 saturated carbocycles. The second-order valence-corrected chi connectivity index (χ2v) is 25.3. The van der Waals surface area contributed by atoms with Crippen LogP contribution in [0.3, 0.4) is 0 Å². The Labute approximate surface area is 317 Å². The van der Waals surface area contributed by atoms with Crippen molar-refractivity contribution in [1.29, 1.82) is 0 Å². The van der Waals surface area contributed by atoms with E-state index in [-0.39, 0.29) is 15.8 Å². The summed E-state index contributed by atoms with van der Waals surface area (Å²) in [6, 6.07) is 28.6. The summed E-state index contributed by atoms with van der Waals surface area (Å²) in [6.07, 6.45) is 27.2. The van der Waals surface area contributed by atoms with E-state index in [1.807, 2.05) is 0 Å². The van der Waals surface area contributed by atoms with Crippen molar-refractivity contribution >= 4 is 15.8 Å². The number of rotatable bonds is 10. The molecule has 2 aliphatic heterocycles. The Balaban J connectivity index is 1.08. The number of benzene rings is 3. The fourth-order valence-electron chi connectivity index (χ4n) is 15.0. The minimum Gasteiger partial charge on any atom is -0.310 e. The number of hydrogen-bond donors (Lipinski definition) is 2. The van der Waals surface area contributed by atoms with Crippen molar-refractivity contribution in [2.45, 2.75) is 137 Å². The van der Waals surface area contributed by atoms with Crippen LogP contribution in [0, 0.1) is 35.5 Å². The van der Waals surface area contributed by atoms with E-state index in [9.17, 15) is 0 Å². The zero-order chi connectivity index (χ0) is 34.3. The summed E-state index contributed by atoms with van der Waals surface area (Å²) in [5.41, 5.74) is 9.28. The molecule has 8 aliphatic carbocycles. The molecule has 0 amide bonds. The predicted octanol–water partition coefficient (Wildman–Crippen LogP) is 12.3. The quantitative estimate of drug-likeness (QED) is 0.203. The molecule has 2 N–H and O–H groups in total. The van der Waals surface area contributed by atoms with Crippen molar-refractivity contribution in [1.82, 2.24) is 10.6 Å². The maximum absolute atomic E-state index is 4.07. The van der Waals surface area contributed by atoms with Gasteiger partial charge in [-0.25, -0.2) is 0 Å². The highest BCUT2D eigenvalue weighted by Crippen LogP contribution is 2.80. The average molecular weight is 729 g/mol. The molecule has 8 bridgehead atoms. The van der Waals surface area contributed by atoms with Crippen LogP contribution in [0.2, 0.25) is 0 Å². The second-order valence-electron chi connectivity index (χ2n) is 19.7. The van der Waals surface area contributed by atoms with Crippen LogP contribution < -0.4 is 10.6 Å². The zero-order valence-corrected chi connectivity index (χ0v) is 33.4. The first-order chi connectivity index (χ1) is 25.6. The Bertz CT molecular complexity index is 1610. The molecule has 13 rings (SSSR count). The van der Waals surface area contributed by atoms with Crippen molar-refractivity contribution in [3.63, 3.8) is 0 Å². The van der Waals surface area contributed by atoms with Gasteiger partial charge in [0.1, 0.15) is 0 Å². The van der Waals surface area contributed by atoms with E-state index in [0.29, 0.717) is 21.9 Å². The summed E-state index contributed by atoms with van der Waals surface area (Å²) in [5, 5.41) is 9.45. The van der Waals surface area contributed by atoms with Crippen molar-refractivity contribution in [2.75, 3.05) is 13.1 Å². The van der Waals surface area contributed by atoms with E-state index in [0.717, 1.165) is 35.5 Å². The lowest BCUT2D eigenvalue weighted by Crippen LogP contribution is -2.56. The van der Waals surface area contributed by atoms with Crippen LogP contribution >= 0.6 is 15.8 Å². The molecule has 2 saturated heterocycles. The zero-order valence-electron chi connectivity index (χ0n) is 31.6. The highest BCUT2D eigenvalue weighted by atomic mass is 31.1. The molecule has 2 unspecified atom stereocenters. The lowest BCUT2D eigenvalue weighted by molar-refractivity contribution is 0.0184. The molecule has 3 aromatic carbocycles. The Morgan fingerprint density at radius 2 is 0.885 bits per heavy atom. The van der Waals surface area contributed by atoms with Crippen molar-refractivity contribution in [2.24, 2.45) is 35.5 Å². The van der Waals surface area contributed by atoms with Gasteiger partial charge in [0.05, 0.1) is 0 Å². The topological polar surface area (TPSA) is 24.1 Å². The van der Waals surface area contributed by atoms with Gasteiger partial charge in [0, 0.05) is 11.6 Å². The molecule has 0 radical (unpaired) electrons. The molecule has 10 fully saturated rings. The molecular formula is C48H62N2P2. The van der Waals surface area contributed by atoms with E-state index in [1.165, 1.54) is 73.4 Å². The normalized spacial score (nSPS) is 39.7. The van der Waals surface area contributed by atoms with Gasteiger partial charge in [-0.05, 0) is 219 Å². The minimum absolute atomic E-state index is 0.116. The Kier molecular flexibility index (Phi) is 8.81. The van der Waals surface area contributed by atoms with Crippen molar-refractivity contribution in [3.8, 4) is 22.3 Å². The van der Waals surface area contributed by atoms with Gasteiger partial charge in [-0.3, -0.25) is 0 Å². The van der Waals surface area contributed by atoms with E-state index in [1.54, 1.807) is 88.2 Å². The summed E-state index contributed by atoms with van der Waals surface area (Å²) < 4.78 is 0. The smallest absolute Gasteiger partial charge is 0.0286 e. The van der Waals surface area contributed by atoms with Gasteiger partial charge in [-0.1, -0.05) is 76.5 Å². The molecular weight excluding hydrogens is 666 g/mol. The molecule has 0 spiro atoms. The molecule has 4 heteroatoms. The molecule has 2 heterocycles. The van der Waals surface area contributed by atoms with Gasteiger partial charge < -0.3 is 10.6 Å². The highest BCUT2D eigenvalue weighted by Gasteiger charge is 2.62. The summed E-state index contributed by atoms with van der Waals surface area (Å²) in [4.78, 5) is 0. The minimum atomic E-state index is -0.195. The van der Waals surface area contributed by atoms with Crippen LogP contribution in [0.25, 0.3) is 22.3 Å². The molecule has 52 heavy (non-hydrogen) atoms. The first kappa shape index (κ1) is 33.8. The molecule has 2 atom stereocenters. The monoisotopic (exact) mass is 728 g/mol. The van der Waals surface area contributed by atoms with Gasteiger partial charge in [0.25, 0.3) is 0 Å². The van der Waals surface area contributed by atoms with Crippen LogP contribution in [0.4, 0.5) is 0 Å². The average Bonchev–Trinajstić information content (AvgIpc) is 3.89. The standard InChI is InChI=1S/C48H62N2P2/c1-3-9-39(10-4-1)43-23-41(31-51(45-13-7-15-49-45)46-14-8-16-50-46)42(24-44(43)40-11-5-2-6-12-40)32-52(47-25-33-17-34(26-47)19-35(18-33)27-47)48-28-36-20-37(29-48)22-38(21-36)30-48/h1-6,9-12,23-24,33-38,45-46,49-50H,7-8,13-22,25-32H2. The van der Waals surface area contributed by atoms with Gasteiger partial charge >= 0.3 is 0 Å². The second kappa shape index (κ2) is 13.6. The van der Waals surface area contributed by atoms with Crippen molar-refractivity contribution < 1.29 is 0 Å². The van der Waals surface area contributed by atoms with Gasteiger partial charge in [-0.2, -0.15) is 0 Å². The lowest BCUT2D eigenvalue weighted by atomic mass is 9.55. The van der Waals surface area contributed by atoms with E-state index in [2.05, 4.69) is 83.4 Å². The Morgan fingerprint density at radius 3 is 1.25 bits per heavy atom. The Hall–Kier alpha value is -1.56. The van der Waals surface area contributed by atoms with Crippen LogP contribution in [-0.2, 0) is 12.3 Å². The van der Waals surface area contributed by atoms with Gasteiger partial charge in [0.2, 0.25) is 0 Å². The first-order valence-corrected chi connectivity index (χ1v) is 25.0. The summed E-state index contributed by atoms with van der Waals surface area (Å²) >= 11 is 0. The highest BCUT2D eigenvalue weighted by molar-refractivity contribution is 7.60. The number of hydrogen-bond acceptors (Lipinski definition) is 2. The third kappa shape index (κ3) is 6.03. The SMILES string of the molecule is c1ccc(-c2cc(CP(C3CCCN3)C3CCCN3)c(CP(C34CC5CC(CC(C5)C3)C4)C34CC5CC(CC(C5)C3)C4)cc2-c2ccccc2)cc1. The molecule has 274 valence electrons. The van der Waals surface area contributed by atoms with Gasteiger partial charge in [0.15, 0.2) is 0 Å². The van der Waals surface area contributed by atoms with E-state index < -0.39 is 0 Å². The van der Waals surface area contributed by atoms with E-state index in [4.69, 9.17) is 0 Å². The third-order valence-corrected chi connectivity index (χ3v) is 23.4. The predicted molar refractivity (Wildman–Crippen MR) is 222 cm³/mol. The summed E-state index contributed by atoms with van der Waals surface area (Å²) in [7, 11) is -0.311. The molecule has 2 nitrogen and oxygen atoms in total. The molecule has 10 aliphatic rings. The Morgan fingerprint density at radius 1 is 0.500 bits per heavy atom. The molecule has 0 aromatic heterocycles. The van der Waals surface area contributed by atoms with Crippen LogP contribution in [-0.4, -0.2) is 35.0 Å². The first-order valence-electron chi connectivity index (χ1n) is 21.8. The fraction of sp³-hybridized carbons (Fsp3) is 0.625. The van der Waals surface area contributed by atoms with Crippen LogP contribution in [0.1, 0.15) is 114 Å². The van der Waals surface area contributed by atoms with Crippen LogP contribution in [0.5, 0.6) is 0 Å².